The van der Waals surface area contributed by atoms with E-state index in [4.69, 9.17) is 5.73 Å². The second kappa shape index (κ2) is 4.86. The number of aryl methyl sites for hydroxylation is 1. The molecule has 20 heavy (non-hydrogen) atoms. The van der Waals surface area contributed by atoms with Crippen molar-refractivity contribution in [3.8, 4) is 21.8 Å². The van der Waals surface area contributed by atoms with E-state index in [9.17, 15) is 4.79 Å². The summed E-state index contributed by atoms with van der Waals surface area (Å²) in [6.07, 6.45) is 0. The smallest absolute Gasteiger partial charge is 0.276 e. The lowest BCUT2D eigenvalue weighted by atomic mass is 10.1. The predicted octanol–water partition coefficient (Wildman–Crippen LogP) is 1.55. The Balaban J connectivity index is 2.21. The Hall–Kier alpha value is -2.54. The van der Waals surface area contributed by atoms with Crippen molar-refractivity contribution in [1.82, 2.24) is 20.0 Å². The van der Waals surface area contributed by atoms with Gasteiger partial charge in [-0.1, -0.05) is 41.7 Å². The molecule has 0 amide bonds. The second-order valence-electron chi connectivity index (χ2n) is 4.18. The zero-order chi connectivity index (χ0) is 14.1. The maximum Gasteiger partial charge on any atom is 0.276 e. The fourth-order valence-corrected chi connectivity index (χ4v) is 2.47. The maximum atomic E-state index is 12.2. The van der Waals surface area contributed by atoms with Crippen LogP contribution < -0.4 is 11.3 Å². The van der Waals surface area contributed by atoms with Gasteiger partial charge in [-0.3, -0.25) is 4.79 Å². The molecule has 0 saturated heterocycles. The van der Waals surface area contributed by atoms with Crippen LogP contribution in [0.15, 0.2) is 41.2 Å². The Bertz CT molecular complexity index is 809. The van der Waals surface area contributed by atoms with Crippen LogP contribution in [-0.4, -0.2) is 20.0 Å². The monoisotopic (exact) mass is 285 g/mol. The highest BCUT2D eigenvalue weighted by atomic mass is 32.1. The van der Waals surface area contributed by atoms with Gasteiger partial charge in [0.15, 0.2) is 5.01 Å². The average molecular weight is 285 g/mol. The summed E-state index contributed by atoms with van der Waals surface area (Å²) in [5.41, 5.74) is 7.44. The summed E-state index contributed by atoms with van der Waals surface area (Å²) in [5, 5.41) is 12.8. The summed E-state index contributed by atoms with van der Waals surface area (Å²) in [6.45, 7) is 0. The summed E-state index contributed by atoms with van der Waals surface area (Å²) < 4.78 is 1.30. The van der Waals surface area contributed by atoms with E-state index in [2.05, 4.69) is 15.3 Å². The maximum absolute atomic E-state index is 12.2. The molecule has 2 N–H and O–H groups in total. The van der Waals surface area contributed by atoms with Crippen LogP contribution in [0.25, 0.3) is 21.8 Å². The predicted molar refractivity (Wildman–Crippen MR) is 78.2 cm³/mol. The molecule has 0 unspecified atom stereocenters. The Morgan fingerprint density at radius 3 is 2.60 bits per heavy atom. The fourth-order valence-electron chi connectivity index (χ4n) is 1.86. The van der Waals surface area contributed by atoms with Crippen molar-refractivity contribution in [3.05, 3.63) is 46.8 Å². The van der Waals surface area contributed by atoms with Crippen LogP contribution in [0.5, 0.6) is 0 Å². The van der Waals surface area contributed by atoms with Crippen molar-refractivity contribution in [2.45, 2.75) is 0 Å². The average Bonchev–Trinajstić information content (AvgIpc) is 2.89. The standard InChI is InChI=1S/C13H11N5OS/c1-18-12(19)9(11-15-16-13(14)20-11)7-10(17-18)8-5-3-2-4-6-8/h2-7H,1H3,(H2,14,16). The lowest BCUT2D eigenvalue weighted by Crippen LogP contribution is -2.21. The minimum absolute atomic E-state index is 0.221. The summed E-state index contributed by atoms with van der Waals surface area (Å²) >= 11 is 1.18. The summed E-state index contributed by atoms with van der Waals surface area (Å²) in [5.74, 6) is 0. The van der Waals surface area contributed by atoms with Crippen LogP contribution in [0, 0.1) is 0 Å². The van der Waals surface area contributed by atoms with Crippen molar-refractivity contribution in [3.63, 3.8) is 0 Å². The Morgan fingerprint density at radius 2 is 1.95 bits per heavy atom. The zero-order valence-corrected chi connectivity index (χ0v) is 11.5. The van der Waals surface area contributed by atoms with Gasteiger partial charge in [-0.25, -0.2) is 4.68 Å². The second-order valence-corrected chi connectivity index (χ2v) is 5.19. The minimum Gasteiger partial charge on any atom is -0.374 e. The van der Waals surface area contributed by atoms with Gasteiger partial charge < -0.3 is 5.73 Å². The van der Waals surface area contributed by atoms with Crippen molar-refractivity contribution in [1.29, 1.82) is 0 Å². The molecule has 0 fully saturated rings. The number of hydrogen-bond donors (Lipinski definition) is 1. The van der Waals surface area contributed by atoms with Gasteiger partial charge in [0, 0.05) is 12.6 Å². The van der Waals surface area contributed by atoms with Crippen LogP contribution in [0.3, 0.4) is 0 Å². The molecular formula is C13H11N5OS. The molecule has 7 heteroatoms. The highest BCUT2D eigenvalue weighted by Gasteiger charge is 2.13. The third kappa shape index (κ3) is 2.19. The molecule has 3 rings (SSSR count). The van der Waals surface area contributed by atoms with E-state index in [1.807, 2.05) is 30.3 Å². The van der Waals surface area contributed by atoms with Crippen LogP contribution in [0.1, 0.15) is 0 Å². The first-order valence-electron chi connectivity index (χ1n) is 5.88. The molecule has 0 atom stereocenters. The molecule has 2 heterocycles. The van der Waals surface area contributed by atoms with Gasteiger partial charge in [0.05, 0.1) is 11.3 Å². The van der Waals surface area contributed by atoms with Gasteiger partial charge in [0.2, 0.25) is 5.13 Å². The third-order valence-electron chi connectivity index (χ3n) is 2.80. The SMILES string of the molecule is Cn1nc(-c2ccccc2)cc(-c2nnc(N)s2)c1=O. The van der Waals surface area contributed by atoms with Crippen molar-refractivity contribution < 1.29 is 0 Å². The van der Waals surface area contributed by atoms with Gasteiger partial charge >= 0.3 is 0 Å². The molecule has 0 aliphatic carbocycles. The number of nitrogens with zero attached hydrogens (tertiary/aromatic N) is 4. The molecule has 0 bridgehead atoms. The van der Waals surface area contributed by atoms with Crippen molar-refractivity contribution in [2.24, 2.45) is 7.05 Å². The zero-order valence-electron chi connectivity index (χ0n) is 10.6. The summed E-state index contributed by atoms with van der Waals surface area (Å²) in [7, 11) is 1.61. The highest BCUT2D eigenvalue weighted by Crippen LogP contribution is 2.24. The largest absolute Gasteiger partial charge is 0.374 e. The van der Waals surface area contributed by atoms with Gasteiger partial charge in [-0.15, -0.1) is 10.2 Å². The van der Waals surface area contributed by atoms with Gasteiger partial charge in [-0.2, -0.15) is 5.10 Å². The molecule has 100 valence electrons. The molecule has 0 aliphatic heterocycles. The summed E-state index contributed by atoms with van der Waals surface area (Å²) in [4.78, 5) is 12.2. The van der Waals surface area contributed by atoms with Crippen LogP contribution >= 0.6 is 11.3 Å². The molecule has 6 nitrogen and oxygen atoms in total. The Kier molecular flexibility index (Phi) is 3.03. The van der Waals surface area contributed by atoms with Crippen molar-refractivity contribution in [2.75, 3.05) is 5.73 Å². The molecule has 2 aromatic heterocycles. The number of rotatable bonds is 2. The Morgan fingerprint density at radius 1 is 1.20 bits per heavy atom. The first-order valence-corrected chi connectivity index (χ1v) is 6.70. The van der Waals surface area contributed by atoms with E-state index in [-0.39, 0.29) is 5.56 Å². The number of benzene rings is 1. The number of anilines is 1. The van der Waals surface area contributed by atoms with Crippen LogP contribution in [-0.2, 0) is 7.05 Å². The Labute approximate surface area is 118 Å². The van der Waals surface area contributed by atoms with E-state index >= 15 is 0 Å². The van der Waals surface area contributed by atoms with Crippen LogP contribution in [0.4, 0.5) is 5.13 Å². The lowest BCUT2D eigenvalue weighted by Gasteiger charge is -2.05. The highest BCUT2D eigenvalue weighted by molar-refractivity contribution is 7.18. The van der Waals surface area contributed by atoms with E-state index in [0.717, 1.165) is 5.56 Å². The van der Waals surface area contributed by atoms with E-state index in [0.29, 0.717) is 21.4 Å². The molecule has 0 aliphatic rings. The molecule has 1 aromatic carbocycles. The topological polar surface area (TPSA) is 86.7 Å². The number of nitrogens with two attached hydrogens (primary N) is 1. The molecule has 3 aromatic rings. The molecule has 0 saturated carbocycles. The number of hydrogen-bond acceptors (Lipinski definition) is 6. The lowest BCUT2D eigenvalue weighted by molar-refractivity contribution is 0.714. The minimum atomic E-state index is -0.221. The van der Waals surface area contributed by atoms with E-state index in [1.165, 1.54) is 16.0 Å². The van der Waals surface area contributed by atoms with Gasteiger partial charge in [0.25, 0.3) is 5.56 Å². The van der Waals surface area contributed by atoms with E-state index < -0.39 is 0 Å². The van der Waals surface area contributed by atoms with E-state index in [1.54, 1.807) is 13.1 Å². The van der Waals surface area contributed by atoms with Gasteiger partial charge in [0.1, 0.15) is 0 Å². The first-order chi connectivity index (χ1) is 9.65. The van der Waals surface area contributed by atoms with Crippen LogP contribution in [0.2, 0.25) is 0 Å². The fraction of sp³-hybridized carbons (Fsp3) is 0.0769. The molecular weight excluding hydrogens is 274 g/mol. The number of nitrogen functional groups attached to an aromatic ring is 1. The third-order valence-corrected chi connectivity index (χ3v) is 3.59. The number of aromatic nitrogens is 4. The summed E-state index contributed by atoms with van der Waals surface area (Å²) in [6, 6.07) is 11.4. The normalized spacial score (nSPS) is 10.7. The quantitative estimate of drug-likeness (QED) is 0.772. The first kappa shape index (κ1) is 12.5. The van der Waals surface area contributed by atoms with Gasteiger partial charge in [-0.05, 0) is 6.07 Å². The molecule has 0 radical (unpaired) electrons. The van der Waals surface area contributed by atoms with Crippen molar-refractivity contribution >= 4 is 16.5 Å². The molecule has 0 spiro atoms.